The molecular weight excluding hydrogens is 236 g/mol. The van der Waals surface area contributed by atoms with E-state index in [1.165, 1.54) is 0 Å². The Kier molecular flexibility index (Phi) is 2.30. The van der Waals surface area contributed by atoms with Crippen LogP contribution in [0.15, 0.2) is 43.0 Å². The fourth-order valence-corrected chi connectivity index (χ4v) is 2.35. The zero-order chi connectivity index (χ0) is 11.9. The first-order valence-corrected chi connectivity index (χ1v) is 5.89. The Bertz CT molecular complexity index is 559. The van der Waals surface area contributed by atoms with Gasteiger partial charge in [-0.2, -0.15) is 0 Å². The molecule has 17 heavy (non-hydrogen) atoms. The van der Waals surface area contributed by atoms with Crippen LogP contribution in [-0.4, -0.2) is 15.5 Å². The minimum absolute atomic E-state index is 0.0808. The smallest absolute Gasteiger partial charge is 0.242 e. The van der Waals surface area contributed by atoms with Gasteiger partial charge in [0.15, 0.2) is 0 Å². The molecule has 3 rings (SSSR count). The summed E-state index contributed by atoms with van der Waals surface area (Å²) >= 11 is 5.98. The Morgan fingerprint density at radius 3 is 2.82 bits per heavy atom. The molecule has 1 aliphatic carbocycles. The van der Waals surface area contributed by atoms with Crippen molar-refractivity contribution in [1.82, 2.24) is 9.55 Å². The van der Waals surface area contributed by atoms with E-state index in [9.17, 15) is 4.79 Å². The molecule has 0 saturated heterocycles. The lowest BCUT2D eigenvalue weighted by atomic mass is 9.95. The summed E-state index contributed by atoms with van der Waals surface area (Å²) in [5.41, 5.74) is 0.620. The highest BCUT2D eigenvalue weighted by Crippen LogP contribution is 2.49. The van der Waals surface area contributed by atoms with Crippen molar-refractivity contribution in [1.29, 1.82) is 0 Å². The van der Waals surface area contributed by atoms with Gasteiger partial charge in [0, 0.05) is 17.4 Å². The average molecular weight is 247 g/mol. The first-order chi connectivity index (χ1) is 8.22. The van der Waals surface area contributed by atoms with Crippen LogP contribution in [-0.2, 0) is 5.41 Å². The fraction of sp³-hybridized carbons (Fsp3) is 0.231. The SMILES string of the molecule is O=C(n1ccnc1)C1(c2cccc(Cl)c2)CC1. The molecule has 0 atom stereocenters. The van der Waals surface area contributed by atoms with E-state index in [0.29, 0.717) is 5.02 Å². The van der Waals surface area contributed by atoms with Crippen LogP contribution in [0, 0.1) is 0 Å². The lowest BCUT2D eigenvalue weighted by molar-refractivity contribution is 0.0862. The second-order valence-electron chi connectivity index (χ2n) is 4.37. The van der Waals surface area contributed by atoms with E-state index in [-0.39, 0.29) is 11.3 Å². The molecule has 0 aliphatic heterocycles. The molecule has 0 unspecified atom stereocenters. The van der Waals surface area contributed by atoms with Gasteiger partial charge in [-0.3, -0.25) is 9.36 Å². The van der Waals surface area contributed by atoms with E-state index in [4.69, 9.17) is 11.6 Å². The molecule has 1 heterocycles. The maximum Gasteiger partial charge on any atom is 0.242 e. The summed E-state index contributed by atoms with van der Waals surface area (Å²) in [6.07, 6.45) is 6.61. The second kappa shape index (κ2) is 3.70. The van der Waals surface area contributed by atoms with E-state index in [1.54, 1.807) is 23.3 Å². The van der Waals surface area contributed by atoms with Gasteiger partial charge in [0.05, 0.1) is 5.41 Å². The molecule has 0 spiro atoms. The number of hydrogen-bond acceptors (Lipinski definition) is 2. The van der Waals surface area contributed by atoms with Crippen molar-refractivity contribution < 1.29 is 4.79 Å². The fourth-order valence-electron chi connectivity index (χ4n) is 2.16. The van der Waals surface area contributed by atoms with Crippen molar-refractivity contribution in [2.45, 2.75) is 18.3 Å². The maximum absolute atomic E-state index is 12.4. The third-order valence-corrected chi connectivity index (χ3v) is 3.51. The molecular formula is C13H11ClN2O. The number of rotatable bonds is 2. The molecule has 3 nitrogen and oxygen atoms in total. The van der Waals surface area contributed by atoms with Crippen molar-refractivity contribution in [3.05, 3.63) is 53.6 Å². The van der Waals surface area contributed by atoms with Crippen molar-refractivity contribution in [3.8, 4) is 0 Å². The quantitative estimate of drug-likeness (QED) is 0.817. The number of carbonyl (C=O) groups excluding carboxylic acids is 1. The normalized spacial score (nSPS) is 16.8. The van der Waals surface area contributed by atoms with Crippen LogP contribution in [0.3, 0.4) is 0 Å². The third-order valence-electron chi connectivity index (χ3n) is 3.28. The molecule has 1 aromatic heterocycles. The third kappa shape index (κ3) is 1.67. The minimum atomic E-state index is -0.383. The summed E-state index contributed by atoms with van der Waals surface area (Å²) in [6.45, 7) is 0. The van der Waals surface area contributed by atoms with E-state index in [2.05, 4.69) is 4.98 Å². The van der Waals surface area contributed by atoms with E-state index in [0.717, 1.165) is 18.4 Å². The lowest BCUT2D eigenvalue weighted by Gasteiger charge is -2.14. The van der Waals surface area contributed by atoms with Crippen LogP contribution in [0.1, 0.15) is 23.2 Å². The molecule has 0 bridgehead atoms. The highest BCUT2D eigenvalue weighted by molar-refractivity contribution is 6.30. The number of halogens is 1. The minimum Gasteiger partial charge on any atom is -0.276 e. The van der Waals surface area contributed by atoms with E-state index >= 15 is 0 Å². The highest BCUT2D eigenvalue weighted by atomic mass is 35.5. The molecule has 4 heteroatoms. The van der Waals surface area contributed by atoms with Gasteiger partial charge in [-0.15, -0.1) is 0 Å². The van der Waals surface area contributed by atoms with Crippen molar-refractivity contribution in [2.75, 3.05) is 0 Å². The topological polar surface area (TPSA) is 34.9 Å². The van der Waals surface area contributed by atoms with Crippen LogP contribution >= 0.6 is 11.6 Å². The van der Waals surface area contributed by atoms with Gasteiger partial charge in [0.1, 0.15) is 6.33 Å². The molecule has 0 radical (unpaired) electrons. The predicted octanol–water partition coefficient (Wildman–Crippen LogP) is 2.91. The number of hydrogen-bond donors (Lipinski definition) is 0. The average Bonchev–Trinajstić information content (AvgIpc) is 2.96. The predicted molar refractivity (Wildman–Crippen MR) is 65.2 cm³/mol. The maximum atomic E-state index is 12.4. The molecule has 1 saturated carbocycles. The monoisotopic (exact) mass is 246 g/mol. The summed E-state index contributed by atoms with van der Waals surface area (Å²) in [5.74, 6) is 0.0808. The molecule has 1 aliphatic rings. The van der Waals surface area contributed by atoms with Crippen LogP contribution in [0.5, 0.6) is 0 Å². The van der Waals surface area contributed by atoms with Crippen LogP contribution in [0.2, 0.25) is 5.02 Å². The van der Waals surface area contributed by atoms with E-state index < -0.39 is 0 Å². The molecule has 2 aromatic rings. The first kappa shape index (κ1) is 10.5. The molecule has 1 fully saturated rings. The first-order valence-electron chi connectivity index (χ1n) is 5.51. The Labute approximate surface area is 104 Å². The zero-order valence-electron chi connectivity index (χ0n) is 9.14. The molecule has 0 N–H and O–H groups in total. The van der Waals surface area contributed by atoms with Gasteiger partial charge in [-0.1, -0.05) is 23.7 Å². The standard InChI is InChI=1S/C13H11ClN2O/c14-11-3-1-2-10(8-11)13(4-5-13)12(17)16-7-6-15-9-16/h1-3,6-9H,4-5H2. The number of imidazole rings is 1. The van der Waals surface area contributed by atoms with Gasteiger partial charge in [-0.05, 0) is 30.5 Å². The van der Waals surface area contributed by atoms with Crippen LogP contribution < -0.4 is 0 Å². The van der Waals surface area contributed by atoms with Gasteiger partial charge in [-0.25, -0.2) is 4.98 Å². The van der Waals surface area contributed by atoms with Crippen molar-refractivity contribution in [2.24, 2.45) is 0 Å². The van der Waals surface area contributed by atoms with Crippen LogP contribution in [0.4, 0.5) is 0 Å². The number of carbonyl (C=O) groups is 1. The Morgan fingerprint density at radius 1 is 1.41 bits per heavy atom. The lowest BCUT2D eigenvalue weighted by Crippen LogP contribution is -2.25. The van der Waals surface area contributed by atoms with E-state index in [1.807, 2.05) is 24.3 Å². The summed E-state index contributed by atoms with van der Waals surface area (Å²) in [7, 11) is 0. The van der Waals surface area contributed by atoms with Crippen molar-refractivity contribution in [3.63, 3.8) is 0 Å². The van der Waals surface area contributed by atoms with Crippen LogP contribution in [0.25, 0.3) is 0 Å². The summed E-state index contributed by atoms with van der Waals surface area (Å²) in [5, 5.41) is 0.673. The van der Waals surface area contributed by atoms with Gasteiger partial charge in [0.25, 0.3) is 0 Å². The molecule has 1 aromatic carbocycles. The zero-order valence-corrected chi connectivity index (χ0v) is 9.89. The second-order valence-corrected chi connectivity index (χ2v) is 4.80. The Hall–Kier alpha value is -1.61. The highest BCUT2D eigenvalue weighted by Gasteiger charge is 2.51. The Morgan fingerprint density at radius 2 is 2.24 bits per heavy atom. The number of nitrogens with zero attached hydrogens (tertiary/aromatic N) is 2. The Balaban J connectivity index is 2.00. The van der Waals surface area contributed by atoms with Gasteiger partial charge in [0.2, 0.25) is 5.91 Å². The van der Waals surface area contributed by atoms with Gasteiger partial charge >= 0.3 is 0 Å². The number of aromatic nitrogens is 2. The summed E-state index contributed by atoms with van der Waals surface area (Å²) in [6, 6.07) is 7.55. The molecule has 0 amide bonds. The number of benzene rings is 1. The van der Waals surface area contributed by atoms with Crippen molar-refractivity contribution >= 4 is 17.5 Å². The van der Waals surface area contributed by atoms with Gasteiger partial charge < -0.3 is 0 Å². The summed E-state index contributed by atoms with van der Waals surface area (Å²) in [4.78, 5) is 16.3. The largest absolute Gasteiger partial charge is 0.276 e. The summed E-state index contributed by atoms with van der Waals surface area (Å²) < 4.78 is 1.55. The molecule has 86 valence electrons.